The number of halogens is 3. The van der Waals surface area contributed by atoms with Gasteiger partial charge in [-0.15, -0.1) is 0 Å². The number of hydrogen-bond donors (Lipinski definition) is 1. The van der Waals surface area contributed by atoms with Crippen LogP contribution in [0.5, 0.6) is 0 Å². The van der Waals surface area contributed by atoms with Gasteiger partial charge in [-0.25, -0.2) is 0 Å². The van der Waals surface area contributed by atoms with E-state index in [9.17, 15) is 18.0 Å². The molecular formula is C13H15F3N2O. The Morgan fingerprint density at radius 2 is 2.11 bits per heavy atom. The summed E-state index contributed by atoms with van der Waals surface area (Å²) in [6.45, 7) is 4.09. The normalized spacial score (nSPS) is 16.9. The summed E-state index contributed by atoms with van der Waals surface area (Å²) in [4.78, 5) is 13.4. The molecule has 1 aliphatic rings. The molecule has 1 N–H and O–H groups in total. The minimum Gasteiger partial charge on any atom is -0.358 e. The van der Waals surface area contributed by atoms with Crippen molar-refractivity contribution >= 4 is 17.3 Å². The van der Waals surface area contributed by atoms with Gasteiger partial charge in [-0.3, -0.25) is 4.79 Å². The van der Waals surface area contributed by atoms with Crippen LogP contribution in [0.3, 0.4) is 0 Å². The summed E-state index contributed by atoms with van der Waals surface area (Å²) in [7, 11) is 0. The number of fused-ring (bicyclic) bond motifs is 1. The minimum atomic E-state index is -4.40. The van der Waals surface area contributed by atoms with Crippen LogP contribution < -0.4 is 10.2 Å². The zero-order valence-electron chi connectivity index (χ0n) is 10.7. The number of carbonyl (C=O) groups excluding carboxylic acids is 1. The fraction of sp³-hybridized carbons (Fsp3) is 0.462. The summed E-state index contributed by atoms with van der Waals surface area (Å²) < 4.78 is 38.0. The fourth-order valence-corrected chi connectivity index (χ4v) is 2.11. The smallest absolute Gasteiger partial charge is 0.358 e. The Balaban J connectivity index is 2.44. The molecule has 0 spiro atoms. The third-order valence-electron chi connectivity index (χ3n) is 3.34. The van der Waals surface area contributed by atoms with Crippen LogP contribution in [0.15, 0.2) is 18.2 Å². The summed E-state index contributed by atoms with van der Waals surface area (Å²) in [5.41, 5.74) is 0.117. The summed E-state index contributed by atoms with van der Waals surface area (Å²) in [6.07, 6.45) is -3.59. The van der Waals surface area contributed by atoms with E-state index in [0.717, 1.165) is 18.6 Å². The molecule has 1 aliphatic heterocycles. The van der Waals surface area contributed by atoms with Crippen molar-refractivity contribution in [1.82, 2.24) is 0 Å². The lowest BCUT2D eigenvalue weighted by Crippen LogP contribution is -2.43. The maximum absolute atomic E-state index is 12.7. The maximum Gasteiger partial charge on any atom is 0.416 e. The van der Waals surface area contributed by atoms with Gasteiger partial charge in [0.2, 0.25) is 5.91 Å². The van der Waals surface area contributed by atoms with Crippen molar-refractivity contribution in [2.24, 2.45) is 0 Å². The molecule has 0 fully saturated rings. The van der Waals surface area contributed by atoms with Crippen LogP contribution in [0.4, 0.5) is 24.5 Å². The number of nitrogens with one attached hydrogen (secondary N) is 1. The minimum absolute atomic E-state index is 0.0986. The molecule has 2 rings (SSSR count). The first-order chi connectivity index (χ1) is 8.82. The molecule has 1 atom stereocenters. The highest BCUT2D eigenvalue weighted by molar-refractivity contribution is 6.01. The lowest BCUT2D eigenvalue weighted by molar-refractivity contribution is -0.137. The SMILES string of the molecule is CCC(C)N1CC(=O)Nc2cc(C(F)(F)F)ccc21. The average Bonchev–Trinajstić information content (AvgIpc) is 2.34. The number of anilines is 2. The van der Waals surface area contributed by atoms with Crippen LogP contribution in [0.1, 0.15) is 25.8 Å². The first-order valence-electron chi connectivity index (χ1n) is 6.10. The molecule has 0 aromatic heterocycles. The van der Waals surface area contributed by atoms with Crippen LogP contribution >= 0.6 is 0 Å². The topological polar surface area (TPSA) is 32.3 Å². The number of alkyl halides is 3. The standard InChI is InChI=1S/C13H15F3N2O/c1-3-8(2)18-7-12(19)17-10-6-9(13(14,15)16)4-5-11(10)18/h4-6,8H,3,7H2,1-2H3,(H,17,19). The summed E-state index contributed by atoms with van der Waals surface area (Å²) in [5.74, 6) is -0.285. The highest BCUT2D eigenvalue weighted by Gasteiger charge is 2.33. The van der Waals surface area contributed by atoms with Crippen LogP contribution in [0, 0.1) is 0 Å². The third-order valence-corrected chi connectivity index (χ3v) is 3.34. The predicted molar refractivity (Wildman–Crippen MR) is 67.2 cm³/mol. The van der Waals surface area contributed by atoms with E-state index in [1.807, 2.05) is 18.7 Å². The Hall–Kier alpha value is -1.72. The Morgan fingerprint density at radius 1 is 1.42 bits per heavy atom. The lowest BCUT2D eigenvalue weighted by atomic mass is 10.1. The predicted octanol–water partition coefficient (Wildman–Crippen LogP) is 3.26. The summed E-state index contributed by atoms with van der Waals surface area (Å²) in [5, 5.41) is 2.50. The van der Waals surface area contributed by atoms with Crippen molar-refractivity contribution in [1.29, 1.82) is 0 Å². The van der Waals surface area contributed by atoms with E-state index >= 15 is 0 Å². The molecule has 0 aliphatic carbocycles. The fourth-order valence-electron chi connectivity index (χ4n) is 2.11. The molecule has 0 bridgehead atoms. The van der Waals surface area contributed by atoms with Crippen molar-refractivity contribution in [3.05, 3.63) is 23.8 Å². The van der Waals surface area contributed by atoms with E-state index in [1.54, 1.807) is 0 Å². The molecule has 1 aromatic carbocycles. The average molecular weight is 272 g/mol. The van der Waals surface area contributed by atoms with Gasteiger partial charge in [-0.05, 0) is 31.5 Å². The molecule has 6 heteroatoms. The molecule has 0 radical (unpaired) electrons. The summed E-state index contributed by atoms with van der Waals surface area (Å²) >= 11 is 0. The maximum atomic E-state index is 12.7. The lowest BCUT2D eigenvalue weighted by Gasteiger charge is -2.35. The quantitative estimate of drug-likeness (QED) is 0.896. The van der Waals surface area contributed by atoms with E-state index in [-0.39, 0.29) is 24.2 Å². The molecule has 1 amide bonds. The molecule has 0 saturated carbocycles. The molecule has 1 aromatic rings. The molecule has 3 nitrogen and oxygen atoms in total. The number of amides is 1. The first kappa shape index (κ1) is 13.7. The van der Waals surface area contributed by atoms with Gasteiger partial charge in [0.25, 0.3) is 0 Å². The molecule has 1 heterocycles. The monoisotopic (exact) mass is 272 g/mol. The molecule has 0 saturated heterocycles. The Labute approximate surface area is 109 Å². The Kier molecular flexibility index (Phi) is 3.43. The van der Waals surface area contributed by atoms with Crippen LogP contribution in [-0.4, -0.2) is 18.5 Å². The highest BCUT2D eigenvalue weighted by Crippen LogP contribution is 2.37. The highest BCUT2D eigenvalue weighted by atomic mass is 19.4. The van der Waals surface area contributed by atoms with Crippen molar-refractivity contribution in [2.75, 3.05) is 16.8 Å². The second-order valence-electron chi connectivity index (χ2n) is 4.66. The molecule has 104 valence electrons. The van der Waals surface area contributed by atoms with Crippen molar-refractivity contribution in [3.63, 3.8) is 0 Å². The van der Waals surface area contributed by atoms with Gasteiger partial charge in [0.1, 0.15) is 0 Å². The summed E-state index contributed by atoms with van der Waals surface area (Å²) in [6, 6.07) is 3.55. The van der Waals surface area contributed by atoms with E-state index < -0.39 is 11.7 Å². The van der Waals surface area contributed by atoms with E-state index in [0.29, 0.717) is 5.69 Å². The van der Waals surface area contributed by atoms with Gasteiger partial charge < -0.3 is 10.2 Å². The third kappa shape index (κ3) is 2.67. The van der Waals surface area contributed by atoms with Gasteiger partial charge >= 0.3 is 6.18 Å². The number of carbonyl (C=O) groups is 1. The van der Waals surface area contributed by atoms with Crippen molar-refractivity contribution < 1.29 is 18.0 Å². The zero-order chi connectivity index (χ0) is 14.2. The van der Waals surface area contributed by atoms with E-state index in [4.69, 9.17) is 0 Å². The molecular weight excluding hydrogens is 257 g/mol. The number of rotatable bonds is 2. The van der Waals surface area contributed by atoms with Gasteiger partial charge in [-0.1, -0.05) is 6.92 Å². The number of benzene rings is 1. The van der Waals surface area contributed by atoms with E-state index in [1.165, 1.54) is 6.07 Å². The van der Waals surface area contributed by atoms with Crippen LogP contribution in [0.2, 0.25) is 0 Å². The Bertz CT molecular complexity index is 499. The van der Waals surface area contributed by atoms with Gasteiger partial charge in [0.15, 0.2) is 0 Å². The van der Waals surface area contributed by atoms with Gasteiger partial charge in [0.05, 0.1) is 23.5 Å². The van der Waals surface area contributed by atoms with Gasteiger partial charge in [-0.2, -0.15) is 13.2 Å². The molecule has 19 heavy (non-hydrogen) atoms. The van der Waals surface area contributed by atoms with Gasteiger partial charge in [0, 0.05) is 6.04 Å². The number of nitrogens with zero attached hydrogens (tertiary/aromatic N) is 1. The van der Waals surface area contributed by atoms with E-state index in [2.05, 4.69) is 5.32 Å². The van der Waals surface area contributed by atoms with Crippen molar-refractivity contribution in [3.8, 4) is 0 Å². The first-order valence-corrected chi connectivity index (χ1v) is 6.10. The zero-order valence-corrected chi connectivity index (χ0v) is 10.7. The largest absolute Gasteiger partial charge is 0.416 e. The van der Waals surface area contributed by atoms with Crippen molar-refractivity contribution in [2.45, 2.75) is 32.5 Å². The Morgan fingerprint density at radius 3 is 2.68 bits per heavy atom. The number of hydrogen-bond acceptors (Lipinski definition) is 2. The second kappa shape index (κ2) is 4.75. The van der Waals surface area contributed by atoms with Crippen LogP contribution in [-0.2, 0) is 11.0 Å². The second-order valence-corrected chi connectivity index (χ2v) is 4.66. The molecule has 1 unspecified atom stereocenters. The van der Waals surface area contributed by atoms with Crippen LogP contribution in [0.25, 0.3) is 0 Å².